The van der Waals surface area contributed by atoms with Crippen LogP contribution in [0.2, 0.25) is 0 Å². The predicted molar refractivity (Wildman–Crippen MR) is 85.5 cm³/mol. The smallest absolute Gasteiger partial charge is 0.253 e. The lowest BCUT2D eigenvalue weighted by molar-refractivity contribution is -0.127. The molecule has 1 aromatic rings. The highest BCUT2D eigenvalue weighted by Gasteiger charge is 2.52. The van der Waals surface area contributed by atoms with Gasteiger partial charge < -0.3 is 10.2 Å². The molecular formula is C18H24N2O2. The van der Waals surface area contributed by atoms with Gasteiger partial charge in [0, 0.05) is 31.1 Å². The van der Waals surface area contributed by atoms with E-state index in [1.165, 1.54) is 12.8 Å². The van der Waals surface area contributed by atoms with Gasteiger partial charge in [0.15, 0.2) is 0 Å². The Morgan fingerprint density at radius 3 is 2.64 bits per heavy atom. The van der Waals surface area contributed by atoms with E-state index < -0.39 is 0 Å². The summed E-state index contributed by atoms with van der Waals surface area (Å²) in [4.78, 5) is 27.0. The van der Waals surface area contributed by atoms with E-state index in [-0.39, 0.29) is 23.1 Å². The van der Waals surface area contributed by atoms with E-state index in [1.807, 2.05) is 36.1 Å². The molecule has 0 unspecified atom stereocenters. The van der Waals surface area contributed by atoms with E-state index in [4.69, 9.17) is 0 Å². The van der Waals surface area contributed by atoms with Crippen LogP contribution in [-0.4, -0.2) is 36.9 Å². The molecule has 0 bridgehead atoms. The van der Waals surface area contributed by atoms with Gasteiger partial charge in [-0.2, -0.15) is 0 Å². The number of nitrogens with zero attached hydrogens (tertiary/aromatic N) is 1. The minimum Gasteiger partial charge on any atom is -0.359 e. The summed E-state index contributed by atoms with van der Waals surface area (Å²) in [6.45, 7) is 3.26. The maximum atomic E-state index is 12.8. The Hall–Kier alpha value is -1.84. The van der Waals surface area contributed by atoms with Gasteiger partial charge in [-0.05, 0) is 31.9 Å². The molecular weight excluding hydrogens is 276 g/mol. The monoisotopic (exact) mass is 300 g/mol. The molecule has 1 heterocycles. The summed E-state index contributed by atoms with van der Waals surface area (Å²) in [7, 11) is 1.69. The molecule has 1 spiro atoms. The van der Waals surface area contributed by atoms with Crippen LogP contribution >= 0.6 is 0 Å². The highest BCUT2D eigenvalue weighted by atomic mass is 16.2. The Morgan fingerprint density at radius 2 is 2.00 bits per heavy atom. The summed E-state index contributed by atoms with van der Waals surface area (Å²) >= 11 is 0. The molecule has 2 amide bonds. The van der Waals surface area contributed by atoms with Crippen molar-refractivity contribution in [2.24, 2.45) is 11.3 Å². The van der Waals surface area contributed by atoms with Crippen LogP contribution < -0.4 is 5.32 Å². The van der Waals surface area contributed by atoms with Crippen molar-refractivity contribution in [1.29, 1.82) is 0 Å². The zero-order valence-electron chi connectivity index (χ0n) is 13.4. The minimum atomic E-state index is -0.0613. The second kappa shape index (κ2) is 5.75. The van der Waals surface area contributed by atoms with E-state index >= 15 is 0 Å². The summed E-state index contributed by atoms with van der Waals surface area (Å²) in [5, 5.41) is 2.79. The fourth-order valence-electron chi connectivity index (χ4n) is 4.21. The first-order chi connectivity index (χ1) is 10.6. The van der Waals surface area contributed by atoms with Gasteiger partial charge in [0.25, 0.3) is 5.91 Å². The van der Waals surface area contributed by atoms with Crippen molar-refractivity contribution in [3.8, 4) is 0 Å². The Bertz CT molecular complexity index is 591. The number of hydrogen-bond donors (Lipinski definition) is 1. The largest absolute Gasteiger partial charge is 0.359 e. The van der Waals surface area contributed by atoms with Crippen molar-refractivity contribution >= 4 is 11.8 Å². The normalized spacial score (nSPS) is 23.0. The number of amides is 2. The van der Waals surface area contributed by atoms with Crippen molar-refractivity contribution in [3.63, 3.8) is 0 Å². The van der Waals surface area contributed by atoms with Gasteiger partial charge in [0.2, 0.25) is 5.91 Å². The zero-order chi connectivity index (χ0) is 15.7. The van der Waals surface area contributed by atoms with Crippen molar-refractivity contribution in [3.05, 3.63) is 35.4 Å². The lowest BCUT2D eigenvalue weighted by Gasteiger charge is -2.28. The fraction of sp³-hybridized carbons (Fsp3) is 0.556. The van der Waals surface area contributed by atoms with Crippen molar-refractivity contribution in [2.45, 2.75) is 32.6 Å². The number of rotatable bonds is 2. The SMILES string of the molecule is CNC(=O)[C@@H]1CN(C(=O)c2cccc(C)c2)CC12CCCC2. The number of likely N-dealkylation sites (tertiary alicyclic amines) is 1. The van der Waals surface area contributed by atoms with E-state index in [0.29, 0.717) is 6.54 Å². The Morgan fingerprint density at radius 1 is 1.27 bits per heavy atom. The average Bonchev–Trinajstić information content (AvgIpc) is 3.14. The molecule has 0 aromatic heterocycles. The Kier molecular flexibility index (Phi) is 3.94. The number of carbonyl (C=O) groups excluding carboxylic acids is 2. The van der Waals surface area contributed by atoms with Crippen LogP contribution in [0.5, 0.6) is 0 Å². The van der Waals surface area contributed by atoms with Gasteiger partial charge in [-0.25, -0.2) is 0 Å². The number of hydrogen-bond acceptors (Lipinski definition) is 2. The summed E-state index contributed by atoms with van der Waals surface area (Å²) in [5.41, 5.74) is 1.81. The van der Waals surface area contributed by atoms with Gasteiger partial charge in [-0.3, -0.25) is 9.59 Å². The molecule has 0 radical (unpaired) electrons. The molecule has 2 aliphatic rings. The molecule has 118 valence electrons. The van der Waals surface area contributed by atoms with Gasteiger partial charge in [0.1, 0.15) is 0 Å². The second-order valence-corrected chi connectivity index (χ2v) is 6.79. The average molecular weight is 300 g/mol. The molecule has 1 aliphatic carbocycles. The lowest BCUT2D eigenvalue weighted by Crippen LogP contribution is -2.38. The van der Waals surface area contributed by atoms with Crippen LogP contribution in [0.1, 0.15) is 41.6 Å². The van der Waals surface area contributed by atoms with Crippen LogP contribution in [-0.2, 0) is 4.79 Å². The fourth-order valence-corrected chi connectivity index (χ4v) is 4.21. The standard InChI is InChI=1S/C18H24N2O2/c1-13-6-5-7-14(10-13)17(22)20-11-15(16(21)19-2)18(12-20)8-3-4-9-18/h5-7,10,15H,3-4,8-9,11-12H2,1-2H3,(H,19,21)/t15-/m0/s1. The quantitative estimate of drug-likeness (QED) is 0.911. The number of benzene rings is 1. The van der Waals surface area contributed by atoms with Crippen molar-refractivity contribution < 1.29 is 9.59 Å². The number of nitrogens with one attached hydrogen (secondary N) is 1. The first kappa shape index (κ1) is 15.1. The van der Waals surface area contributed by atoms with Crippen molar-refractivity contribution in [1.82, 2.24) is 10.2 Å². The number of aryl methyl sites for hydroxylation is 1. The molecule has 1 N–H and O–H groups in total. The molecule has 1 aromatic carbocycles. The maximum Gasteiger partial charge on any atom is 0.253 e. The minimum absolute atomic E-state index is 0.000418. The Balaban J connectivity index is 1.84. The Labute approximate surface area is 131 Å². The van der Waals surface area contributed by atoms with E-state index in [0.717, 1.165) is 30.5 Å². The molecule has 2 fully saturated rings. The van der Waals surface area contributed by atoms with Gasteiger partial charge in [0.05, 0.1) is 5.92 Å². The summed E-state index contributed by atoms with van der Waals surface area (Å²) in [6.07, 6.45) is 4.45. The van der Waals surface area contributed by atoms with Gasteiger partial charge in [-0.15, -0.1) is 0 Å². The predicted octanol–water partition coefficient (Wildman–Crippen LogP) is 2.37. The van der Waals surface area contributed by atoms with Crippen LogP contribution in [0.25, 0.3) is 0 Å². The molecule has 1 saturated heterocycles. The van der Waals surface area contributed by atoms with Crippen LogP contribution in [0, 0.1) is 18.3 Å². The highest BCUT2D eigenvalue weighted by Crippen LogP contribution is 2.49. The third-order valence-corrected chi connectivity index (χ3v) is 5.36. The third kappa shape index (κ3) is 2.51. The van der Waals surface area contributed by atoms with E-state index in [1.54, 1.807) is 7.05 Å². The van der Waals surface area contributed by atoms with Crippen LogP contribution in [0.4, 0.5) is 0 Å². The van der Waals surface area contributed by atoms with E-state index in [9.17, 15) is 9.59 Å². The molecule has 3 rings (SSSR count). The highest BCUT2D eigenvalue weighted by molar-refractivity contribution is 5.95. The summed E-state index contributed by atoms with van der Waals surface area (Å²) in [6, 6.07) is 7.70. The van der Waals surface area contributed by atoms with Crippen LogP contribution in [0.15, 0.2) is 24.3 Å². The van der Waals surface area contributed by atoms with Crippen LogP contribution in [0.3, 0.4) is 0 Å². The first-order valence-electron chi connectivity index (χ1n) is 8.13. The number of carbonyl (C=O) groups is 2. The maximum absolute atomic E-state index is 12.8. The van der Waals surface area contributed by atoms with Crippen molar-refractivity contribution in [2.75, 3.05) is 20.1 Å². The summed E-state index contributed by atoms with van der Waals surface area (Å²) in [5.74, 6) is 0.0802. The molecule has 4 nitrogen and oxygen atoms in total. The summed E-state index contributed by atoms with van der Waals surface area (Å²) < 4.78 is 0. The first-order valence-corrected chi connectivity index (χ1v) is 8.13. The van der Waals surface area contributed by atoms with E-state index in [2.05, 4.69) is 5.32 Å². The molecule has 4 heteroatoms. The molecule has 1 aliphatic heterocycles. The zero-order valence-corrected chi connectivity index (χ0v) is 13.4. The molecule has 1 saturated carbocycles. The molecule has 22 heavy (non-hydrogen) atoms. The third-order valence-electron chi connectivity index (χ3n) is 5.36. The second-order valence-electron chi connectivity index (χ2n) is 6.79. The molecule has 1 atom stereocenters. The lowest BCUT2D eigenvalue weighted by atomic mass is 9.76. The topological polar surface area (TPSA) is 49.4 Å². The van der Waals surface area contributed by atoms with Gasteiger partial charge >= 0.3 is 0 Å². The van der Waals surface area contributed by atoms with Gasteiger partial charge in [-0.1, -0.05) is 30.5 Å².